The van der Waals surface area contributed by atoms with Gasteiger partial charge in [0.25, 0.3) is 0 Å². The minimum atomic E-state index is -0.935. The van der Waals surface area contributed by atoms with Gasteiger partial charge >= 0.3 is 0 Å². The van der Waals surface area contributed by atoms with Crippen LogP contribution in [0.3, 0.4) is 0 Å². The molecule has 0 aliphatic carbocycles. The molecule has 0 saturated heterocycles. The molecule has 0 atom stereocenters. The molecule has 0 fully saturated rings. The lowest BCUT2D eigenvalue weighted by molar-refractivity contribution is 0.318. The fourth-order valence-electron chi connectivity index (χ4n) is 2.40. The van der Waals surface area contributed by atoms with E-state index in [1.54, 1.807) is 14.2 Å². The van der Waals surface area contributed by atoms with Crippen LogP contribution in [0.2, 0.25) is 0 Å². The maximum atomic E-state index is 13.2. The number of hydrogen-bond donors (Lipinski definition) is 2. The van der Waals surface area contributed by atoms with E-state index in [-0.39, 0.29) is 36.3 Å². The van der Waals surface area contributed by atoms with Gasteiger partial charge in [0, 0.05) is 12.6 Å². The molecule has 0 heterocycles. The number of guanidine groups is 1. The first-order valence-corrected chi connectivity index (χ1v) is 8.88. The minimum Gasteiger partial charge on any atom is -0.493 e. The summed E-state index contributed by atoms with van der Waals surface area (Å²) in [5.74, 6) is 0.361. The highest BCUT2D eigenvalue weighted by atomic mass is 127. The number of ether oxygens (including phenoxy) is 3. The number of aliphatic imine (C=N–C) groups is 1. The van der Waals surface area contributed by atoms with Gasteiger partial charge < -0.3 is 24.8 Å². The van der Waals surface area contributed by atoms with Crippen LogP contribution in [0.1, 0.15) is 12.5 Å². The monoisotopic (exact) mass is 521 g/mol. The summed E-state index contributed by atoms with van der Waals surface area (Å²) in [6, 6.07) is 9.06. The van der Waals surface area contributed by atoms with Crippen molar-refractivity contribution in [3.05, 3.63) is 53.6 Å². The number of nitrogens with one attached hydrogen (secondary N) is 2. The summed E-state index contributed by atoms with van der Waals surface area (Å²) in [5, 5.41) is 6.27. The third kappa shape index (κ3) is 7.92. The Hall–Kier alpha value is -2.30. The average Bonchev–Trinajstić information content (AvgIpc) is 2.71. The van der Waals surface area contributed by atoms with Crippen molar-refractivity contribution < 1.29 is 23.0 Å². The number of nitrogens with zero attached hydrogens (tertiary/aromatic N) is 1. The fraction of sp³-hybridized carbons (Fsp3) is 0.350. The molecule has 6 nitrogen and oxygen atoms in total. The summed E-state index contributed by atoms with van der Waals surface area (Å²) in [6.45, 7) is 3.82. The van der Waals surface area contributed by atoms with Crippen molar-refractivity contribution in [1.82, 2.24) is 10.6 Å². The third-order valence-corrected chi connectivity index (χ3v) is 3.77. The topological polar surface area (TPSA) is 64.1 Å². The predicted molar refractivity (Wildman–Crippen MR) is 120 cm³/mol. The number of hydrogen-bond acceptors (Lipinski definition) is 4. The zero-order valence-electron chi connectivity index (χ0n) is 16.6. The lowest BCUT2D eigenvalue weighted by Gasteiger charge is -2.13. The molecule has 0 saturated carbocycles. The van der Waals surface area contributed by atoms with E-state index in [0.29, 0.717) is 37.1 Å². The molecule has 0 aromatic heterocycles. The Balaban J connectivity index is 0.00000420. The smallest absolute Gasteiger partial charge is 0.191 e. The lowest BCUT2D eigenvalue weighted by Crippen LogP contribution is -2.39. The van der Waals surface area contributed by atoms with E-state index >= 15 is 0 Å². The minimum absolute atomic E-state index is 0. The molecule has 9 heteroatoms. The molecule has 2 N–H and O–H groups in total. The largest absolute Gasteiger partial charge is 0.493 e. The Morgan fingerprint density at radius 2 is 1.72 bits per heavy atom. The zero-order valence-corrected chi connectivity index (χ0v) is 19.0. The van der Waals surface area contributed by atoms with Crippen molar-refractivity contribution in [3.63, 3.8) is 0 Å². The normalized spacial score (nSPS) is 10.7. The average molecular weight is 521 g/mol. The predicted octanol–water partition coefficient (Wildman–Crippen LogP) is 3.73. The fourth-order valence-corrected chi connectivity index (χ4v) is 2.40. The summed E-state index contributed by atoms with van der Waals surface area (Å²) >= 11 is 0. The van der Waals surface area contributed by atoms with Crippen molar-refractivity contribution >= 4 is 29.9 Å². The quantitative estimate of drug-likeness (QED) is 0.228. The van der Waals surface area contributed by atoms with Crippen molar-refractivity contribution in [2.45, 2.75) is 13.5 Å². The number of benzene rings is 2. The van der Waals surface area contributed by atoms with Crippen molar-refractivity contribution in [2.75, 3.05) is 33.9 Å². The van der Waals surface area contributed by atoms with E-state index in [1.807, 2.05) is 25.1 Å². The van der Waals surface area contributed by atoms with Crippen LogP contribution < -0.4 is 24.8 Å². The molecule has 0 aliphatic heterocycles. The zero-order chi connectivity index (χ0) is 20.4. The molecule has 0 bridgehead atoms. The first-order chi connectivity index (χ1) is 13.6. The molecule has 2 aromatic carbocycles. The van der Waals surface area contributed by atoms with E-state index in [1.165, 1.54) is 6.07 Å². The molecule has 29 heavy (non-hydrogen) atoms. The van der Waals surface area contributed by atoms with Crippen molar-refractivity contribution in [1.29, 1.82) is 0 Å². The second-order valence-electron chi connectivity index (χ2n) is 5.74. The molecule has 0 radical (unpaired) electrons. The first kappa shape index (κ1) is 24.7. The Morgan fingerprint density at radius 3 is 2.38 bits per heavy atom. The van der Waals surface area contributed by atoms with E-state index in [0.717, 1.165) is 17.7 Å². The number of methoxy groups -OCH3 is 2. The molecule has 0 spiro atoms. The van der Waals surface area contributed by atoms with Gasteiger partial charge in [-0.05, 0) is 36.8 Å². The Morgan fingerprint density at radius 1 is 0.966 bits per heavy atom. The third-order valence-electron chi connectivity index (χ3n) is 3.77. The molecular formula is C20H26F2IN3O3. The molecule has 2 rings (SSSR count). The van der Waals surface area contributed by atoms with Gasteiger partial charge in [-0.3, -0.25) is 0 Å². The van der Waals surface area contributed by atoms with Crippen LogP contribution in [0.25, 0.3) is 0 Å². The van der Waals surface area contributed by atoms with Crippen LogP contribution in [-0.4, -0.2) is 39.9 Å². The Labute approximate surface area is 186 Å². The summed E-state index contributed by atoms with van der Waals surface area (Å²) in [5.41, 5.74) is 0.966. The van der Waals surface area contributed by atoms with Gasteiger partial charge in [0.1, 0.15) is 12.4 Å². The standard InChI is InChI=1S/C20H25F2N3O3.HI/c1-4-23-20(24-9-10-28-15-6-7-16(21)17(22)12-15)25-13-14-5-8-18(26-2)19(11-14)27-3;/h5-8,11-12H,4,9-10,13H2,1-3H3,(H2,23,24,25);1H. The maximum Gasteiger partial charge on any atom is 0.191 e. The lowest BCUT2D eigenvalue weighted by atomic mass is 10.2. The highest BCUT2D eigenvalue weighted by molar-refractivity contribution is 14.0. The van der Waals surface area contributed by atoms with Gasteiger partial charge in [-0.1, -0.05) is 6.07 Å². The molecular weight excluding hydrogens is 495 g/mol. The van der Waals surface area contributed by atoms with Crippen LogP contribution in [0.15, 0.2) is 41.4 Å². The van der Waals surface area contributed by atoms with Crippen LogP contribution in [0.5, 0.6) is 17.2 Å². The molecule has 0 aliphatic rings. The molecule has 2 aromatic rings. The van der Waals surface area contributed by atoms with E-state index in [2.05, 4.69) is 15.6 Å². The van der Waals surface area contributed by atoms with E-state index in [9.17, 15) is 8.78 Å². The van der Waals surface area contributed by atoms with Crippen molar-refractivity contribution in [3.8, 4) is 17.2 Å². The van der Waals surface area contributed by atoms with Crippen LogP contribution in [0, 0.1) is 11.6 Å². The molecule has 0 unspecified atom stereocenters. The highest BCUT2D eigenvalue weighted by Crippen LogP contribution is 2.27. The first-order valence-electron chi connectivity index (χ1n) is 8.88. The van der Waals surface area contributed by atoms with Crippen LogP contribution in [0.4, 0.5) is 8.78 Å². The van der Waals surface area contributed by atoms with Crippen LogP contribution in [-0.2, 0) is 6.54 Å². The SMILES string of the molecule is CCNC(=NCc1ccc(OC)c(OC)c1)NCCOc1ccc(F)c(F)c1.I. The summed E-state index contributed by atoms with van der Waals surface area (Å²) in [7, 11) is 3.18. The summed E-state index contributed by atoms with van der Waals surface area (Å²) < 4.78 is 42.0. The maximum absolute atomic E-state index is 13.2. The Bertz CT molecular complexity index is 807. The second-order valence-corrected chi connectivity index (χ2v) is 5.74. The number of halogens is 3. The van der Waals surface area contributed by atoms with Gasteiger partial charge in [0.05, 0.1) is 27.3 Å². The van der Waals surface area contributed by atoms with Crippen molar-refractivity contribution in [2.24, 2.45) is 4.99 Å². The van der Waals surface area contributed by atoms with E-state index in [4.69, 9.17) is 14.2 Å². The summed E-state index contributed by atoms with van der Waals surface area (Å²) in [6.07, 6.45) is 0. The van der Waals surface area contributed by atoms with Crippen LogP contribution >= 0.6 is 24.0 Å². The number of rotatable bonds is 9. The van der Waals surface area contributed by atoms with Gasteiger partial charge in [0.15, 0.2) is 29.1 Å². The molecule has 160 valence electrons. The van der Waals surface area contributed by atoms with Gasteiger partial charge in [-0.15, -0.1) is 24.0 Å². The van der Waals surface area contributed by atoms with Gasteiger partial charge in [0.2, 0.25) is 0 Å². The Kier molecular flexibility index (Phi) is 11.1. The van der Waals surface area contributed by atoms with E-state index < -0.39 is 11.6 Å². The van der Waals surface area contributed by atoms with Gasteiger partial charge in [-0.25, -0.2) is 13.8 Å². The van der Waals surface area contributed by atoms with Gasteiger partial charge in [-0.2, -0.15) is 0 Å². The second kappa shape index (κ2) is 13.0. The molecule has 0 amide bonds. The highest BCUT2D eigenvalue weighted by Gasteiger charge is 2.05. The summed E-state index contributed by atoms with van der Waals surface area (Å²) in [4.78, 5) is 4.52.